The standard InChI is InChI=1S/C14H17ClN2O3/c1-3-7-20-14(19)16-10(2)11-5-4-6-12(8-11)17-13(18)9-15/h3-6,8,10H,1,7,9H2,2H3,(H,16,19)(H,17,18). The summed E-state index contributed by atoms with van der Waals surface area (Å²) in [4.78, 5) is 22.6. The fourth-order valence-electron chi connectivity index (χ4n) is 1.52. The van der Waals surface area contributed by atoms with Crippen LogP contribution in [0.25, 0.3) is 0 Å². The number of ether oxygens (including phenoxy) is 1. The molecule has 2 N–H and O–H groups in total. The first-order valence-electron chi connectivity index (χ1n) is 6.06. The molecule has 0 saturated heterocycles. The van der Waals surface area contributed by atoms with Gasteiger partial charge in [-0.15, -0.1) is 11.6 Å². The summed E-state index contributed by atoms with van der Waals surface area (Å²) in [5.74, 6) is -0.388. The summed E-state index contributed by atoms with van der Waals surface area (Å²) < 4.78 is 4.84. The van der Waals surface area contributed by atoms with Crippen LogP contribution in [0.15, 0.2) is 36.9 Å². The van der Waals surface area contributed by atoms with Gasteiger partial charge in [0.05, 0.1) is 6.04 Å². The monoisotopic (exact) mass is 296 g/mol. The molecule has 0 aromatic heterocycles. The van der Waals surface area contributed by atoms with Crippen LogP contribution in [0, 0.1) is 0 Å². The van der Waals surface area contributed by atoms with Crippen LogP contribution >= 0.6 is 11.6 Å². The largest absolute Gasteiger partial charge is 0.445 e. The second-order valence-electron chi connectivity index (χ2n) is 4.06. The molecule has 1 rings (SSSR count). The van der Waals surface area contributed by atoms with Gasteiger partial charge in [0, 0.05) is 5.69 Å². The molecule has 0 aliphatic heterocycles. The quantitative estimate of drug-likeness (QED) is 0.626. The van der Waals surface area contributed by atoms with Gasteiger partial charge in [-0.3, -0.25) is 4.79 Å². The van der Waals surface area contributed by atoms with E-state index < -0.39 is 6.09 Å². The lowest BCUT2D eigenvalue weighted by molar-refractivity contribution is -0.113. The number of carbonyl (C=O) groups excluding carboxylic acids is 2. The van der Waals surface area contributed by atoms with Crippen LogP contribution in [0.3, 0.4) is 0 Å². The van der Waals surface area contributed by atoms with Crippen LogP contribution in [-0.4, -0.2) is 24.5 Å². The number of alkyl halides is 1. The van der Waals surface area contributed by atoms with Crippen molar-refractivity contribution in [3.63, 3.8) is 0 Å². The van der Waals surface area contributed by atoms with Gasteiger partial charge in [-0.25, -0.2) is 4.79 Å². The van der Waals surface area contributed by atoms with E-state index in [0.29, 0.717) is 5.69 Å². The molecule has 108 valence electrons. The molecule has 5 nitrogen and oxygen atoms in total. The number of nitrogens with one attached hydrogen (secondary N) is 2. The lowest BCUT2D eigenvalue weighted by atomic mass is 10.1. The van der Waals surface area contributed by atoms with Gasteiger partial charge < -0.3 is 15.4 Å². The number of hydrogen-bond acceptors (Lipinski definition) is 3. The van der Waals surface area contributed by atoms with Crippen LogP contribution in [0.1, 0.15) is 18.5 Å². The Bertz CT molecular complexity index is 491. The van der Waals surface area contributed by atoms with E-state index in [1.807, 2.05) is 13.0 Å². The summed E-state index contributed by atoms with van der Waals surface area (Å²) in [6.45, 7) is 5.44. The van der Waals surface area contributed by atoms with E-state index in [-0.39, 0.29) is 24.4 Å². The van der Waals surface area contributed by atoms with Gasteiger partial charge in [0.1, 0.15) is 12.5 Å². The first kappa shape index (κ1) is 16.0. The van der Waals surface area contributed by atoms with Gasteiger partial charge in [-0.2, -0.15) is 0 Å². The molecule has 1 unspecified atom stereocenters. The fourth-order valence-corrected chi connectivity index (χ4v) is 1.58. The Kier molecular flexibility index (Phi) is 6.59. The average molecular weight is 297 g/mol. The highest BCUT2D eigenvalue weighted by Crippen LogP contribution is 2.17. The Morgan fingerprint density at radius 3 is 2.90 bits per heavy atom. The second kappa shape index (κ2) is 8.22. The molecule has 0 aliphatic carbocycles. The lowest BCUT2D eigenvalue weighted by Gasteiger charge is -2.15. The predicted molar refractivity (Wildman–Crippen MR) is 78.9 cm³/mol. The van der Waals surface area contributed by atoms with Crippen LogP contribution < -0.4 is 10.6 Å². The number of carbonyl (C=O) groups is 2. The van der Waals surface area contributed by atoms with Gasteiger partial charge in [0.15, 0.2) is 0 Å². The number of rotatable bonds is 6. The summed E-state index contributed by atoms with van der Waals surface area (Å²) in [6, 6.07) is 6.89. The minimum atomic E-state index is -0.521. The van der Waals surface area contributed by atoms with E-state index in [2.05, 4.69) is 17.2 Å². The van der Waals surface area contributed by atoms with E-state index in [1.54, 1.807) is 18.2 Å². The third kappa shape index (κ3) is 5.32. The number of alkyl carbamates (subject to hydrolysis) is 1. The van der Waals surface area contributed by atoms with Crippen molar-refractivity contribution in [1.29, 1.82) is 0 Å². The van der Waals surface area contributed by atoms with Crippen molar-refractivity contribution in [2.45, 2.75) is 13.0 Å². The van der Waals surface area contributed by atoms with Crippen molar-refractivity contribution in [3.05, 3.63) is 42.5 Å². The van der Waals surface area contributed by atoms with Gasteiger partial charge in [-0.05, 0) is 24.6 Å². The van der Waals surface area contributed by atoms with Crippen LogP contribution in [0.4, 0.5) is 10.5 Å². The molecule has 0 aliphatic rings. The van der Waals surface area contributed by atoms with Gasteiger partial charge in [-0.1, -0.05) is 24.8 Å². The zero-order valence-electron chi connectivity index (χ0n) is 11.2. The Labute approximate surface area is 123 Å². The van der Waals surface area contributed by atoms with Crippen molar-refractivity contribution >= 4 is 29.3 Å². The fraction of sp³-hybridized carbons (Fsp3) is 0.286. The first-order chi connectivity index (χ1) is 9.56. The molecular formula is C14H17ClN2O3. The first-order valence-corrected chi connectivity index (χ1v) is 6.60. The average Bonchev–Trinajstić information content (AvgIpc) is 2.45. The van der Waals surface area contributed by atoms with E-state index in [0.717, 1.165) is 5.56 Å². The Morgan fingerprint density at radius 1 is 1.50 bits per heavy atom. The second-order valence-corrected chi connectivity index (χ2v) is 4.33. The van der Waals surface area contributed by atoms with E-state index in [1.165, 1.54) is 6.08 Å². The molecule has 0 bridgehead atoms. The van der Waals surface area contributed by atoms with Crippen molar-refractivity contribution in [3.8, 4) is 0 Å². The maximum Gasteiger partial charge on any atom is 0.407 e. The maximum atomic E-state index is 11.4. The molecule has 1 aromatic rings. The molecule has 6 heteroatoms. The third-order valence-electron chi connectivity index (χ3n) is 2.46. The number of anilines is 1. The molecule has 0 heterocycles. The lowest BCUT2D eigenvalue weighted by Crippen LogP contribution is -2.27. The zero-order valence-corrected chi connectivity index (χ0v) is 11.9. The third-order valence-corrected chi connectivity index (χ3v) is 2.70. The number of benzene rings is 1. The van der Waals surface area contributed by atoms with E-state index >= 15 is 0 Å². The smallest absolute Gasteiger partial charge is 0.407 e. The Balaban J connectivity index is 2.65. The van der Waals surface area contributed by atoms with Crippen molar-refractivity contribution in [2.75, 3.05) is 17.8 Å². The highest BCUT2D eigenvalue weighted by molar-refractivity contribution is 6.29. The van der Waals surface area contributed by atoms with Crippen LogP contribution in [0.2, 0.25) is 0 Å². The van der Waals surface area contributed by atoms with Crippen LogP contribution in [0.5, 0.6) is 0 Å². The topological polar surface area (TPSA) is 67.4 Å². The van der Waals surface area contributed by atoms with Crippen molar-refractivity contribution in [1.82, 2.24) is 5.32 Å². The molecule has 0 spiro atoms. The highest BCUT2D eigenvalue weighted by Gasteiger charge is 2.11. The predicted octanol–water partition coefficient (Wildman–Crippen LogP) is 2.84. The minimum absolute atomic E-state index is 0.105. The van der Waals surface area contributed by atoms with Gasteiger partial charge in [0.25, 0.3) is 0 Å². The summed E-state index contributed by atoms with van der Waals surface area (Å²) >= 11 is 5.43. The minimum Gasteiger partial charge on any atom is -0.445 e. The molecule has 1 aromatic carbocycles. The SMILES string of the molecule is C=CCOC(=O)NC(C)c1cccc(NC(=O)CCl)c1. The molecular weight excluding hydrogens is 280 g/mol. The van der Waals surface area contributed by atoms with Gasteiger partial charge >= 0.3 is 6.09 Å². The molecule has 0 fully saturated rings. The zero-order chi connectivity index (χ0) is 15.0. The van der Waals surface area contributed by atoms with Crippen molar-refractivity contribution < 1.29 is 14.3 Å². The van der Waals surface area contributed by atoms with Crippen molar-refractivity contribution in [2.24, 2.45) is 0 Å². The number of hydrogen-bond donors (Lipinski definition) is 2. The Hall–Kier alpha value is -2.01. The maximum absolute atomic E-state index is 11.4. The van der Waals surface area contributed by atoms with Crippen LogP contribution in [-0.2, 0) is 9.53 Å². The van der Waals surface area contributed by atoms with Gasteiger partial charge in [0.2, 0.25) is 5.91 Å². The molecule has 1 atom stereocenters. The summed E-state index contributed by atoms with van der Waals surface area (Å²) in [7, 11) is 0. The number of amides is 2. The number of halogens is 1. The highest BCUT2D eigenvalue weighted by atomic mass is 35.5. The molecule has 0 saturated carbocycles. The molecule has 20 heavy (non-hydrogen) atoms. The summed E-state index contributed by atoms with van der Waals surface area (Å²) in [6.07, 6.45) is 0.972. The van der Waals surface area contributed by atoms with E-state index in [9.17, 15) is 9.59 Å². The summed E-state index contributed by atoms with van der Waals surface area (Å²) in [5.41, 5.74) is 1.47. The Morgan fingerprint density at radius 2 is 2.25 bits per heavy atom. The molecule has 2 amide bonds. The normalized spacial score (nSPS) is 11.3. The summed E-state index contributed by atoms with van der Waals surface area (Å²) in [5, 5.41) is 5.32. The molecule has 0 radical (unpaired) electrons. The van der Waals surface area contributed by atoms with E-state index in [4.69, 9.17) is 16.3 Å².